The van der Waals surface area contributed by atoms with E-state index in [2.05, 4.69) is 31.9 Å². The number of carbonyl (C=O) groups is 1. The van der Waals surface area contributed by atoms with E-state index in [1.807, 2.05) is 30.3 Å². The second-order valence-electron chi connectivity index (χ2n) is 4.52. The van der Waals surface area contributed by atoms with Gasteiger partial charge in [-0.25, -0.2) is 4.79 Å². The number of ether oxygens (including phenoxy) is 1. The summed E-state index contributed by atoms with van der Waals surface area (Å²) in [6, 6.07) is 9.43. The zero-order valence-corrected chi connectivity index (χ0v) is 12.9. The molecule has 0 aromatic heterocycles. The number of aliphatic hydroxyl groups is 1. The van der Waals surface area contributed by atoms with Gasteiger partial charge in [0.15, 0.2) is 6.10 Å². The first-order chi connectivity index (χ1) is 8.57. The van der Waals surface area contributed by atoms with Gasteiger partial charge < -0.3 is 9.84 Å². The molecule has 3 atom stereocenters. The van der Waals surface area contributed by atoms with Gasteiger partial charge in [0.2, 0.25) is 0 Å². The molecule has 0 spiro atoms. The number of esters is 1. The SMILES string of the molecule is O=C(OCc1ccccc1)[C@@H](O)[C@H]1C[C@@]1(Br)CBr. The molecule has 18 heavy (non-hydrogen) atoms. The van der Waals surface area contributed by atoms with Crippen LogP contribution < -0.4 is 0 Å². The number of hydrogen-bond acceptors (Lipinski definition) is 3. The predicted molar refractivity (Wildman–Crippen MR) is 75.8 cm³/mol. The summed E-state index contributed by atoms with van der Waals surface area (Å²) in [4.78, 5) is 11.7. The average Bonchev–Trinajstić information content (AvgIpc) is 3.09. The van der Waals surface area contributed by atoms with E-state index < -0.39 is 12.1 Å². The van der Waals surface area contributed by atoms with Crippen molar-refractivity contribution in [2.75, 3.05) is 5.33 Å². The summed E-state index contributed by atoms with van der Waals surface area (Å²) in [6.45, 7) is 0.201. The Labute approximate surface area is 123 Å². The monoisotopic (exact) mass is 376 g/mol. The van der Waals surface area contributed by atoms with Crippen molar-refractivity contribution in [1.29, 1.82) is 0 Å². The minimum Gasteiger partial charge on any atom is -0.459 e. The summed E-state index contributed by atoms with van der Waals surface area (Å²) in [5, 5.41) is 10.6. The van der Waals surface area contributed by atoms with Gasteiger partial charge in [0.05, 0.1) is 0 Å². The van der Waals surface area contributed by atoms with Crippen LogP contribution in [0.5, 0.6) is 0 Å². The Bertz CT molecular complexity index is 424. The van der Waals surface area contributed by atoms with E-state index in [4.69, 9.17) is 4.74 Å². The third-order valence-corrected chi connectivity index (χ3v) is 6.08. The Morgan fingerprint density at radius 2 is 2.17 bits per heavy atom. The molecule has 1 aliphatic rings. The first-order valence-electron chi connectivity index (χ1n) is 5.70. The molecular weight excluding hydrogens is 364 g/mol. The van der Waals surface area contributed by atoms with Crippen molar-refractivity contribution in [2.24, 2.45) is 5.92 Å². The second-order valence-corrected chi connectivity index (χ2v) is 6.66. The van der Waals surface area contributed by atoms with Gasteiger partial charge in [-0.05, 0) is 12.0 Å². The zero-order valence-electron chi connectivity index (χ0n) is 9.68. The normalized spacial score (nSPS) is 27.6. The smallest absolute Gasteiger partial charge is 0.335 e. The Hall–Kier alpha value is -0.390. The van der Waals surface area contributed by atoms with Gasteiger partial charge in [0.25, 0.3) is 0 Å². The van der Waals surface area contributed by atoms with Crippen molar-refractivity contribution in [3.05, 3.63) is 35.9 Å². The molecule has 1 aromatic rings. The highest BCUT2D eigenvalue weighted by Gasteiger charge is 2.57. The molecule has 1 fully saturated rings. The third kappa shape index (κ3) is 3.13. The van der Waals surface area contributed by atoms with Crippen molar-refractivity contribution in [3.8, 4) is 0 Å². The molecule has 0 heterocycles. The number of carbonyl (C=O) groups excluding carboxylic acids is 1. The van der Waals surface area contributed by atoms with Gasteiger partial charge in [-0.15, -0.1) is 0 Å². The molecule has 0 amide bonds. The maximum absolute atomic E-state index is 11.7. The fraction of sp³-hybridized carbons (Fsp3) is 0.462. The summed E-state index contributed by atoms with van der Waals surface area (Å²) in [7, 11) is 0. The van der Waals surface area contributed by atoms with E-state index in [9.17, 15) is 9.90 Å². The van der Waals surface area contributed by atoms with E-state index in [-0.39, 0.29) is 16.8 Å². The molecule has 0 saturated heterocycles. The molecule has 0 aliphatic heterocycles. The number of aliphatic hydroxyl groups excluding tert-OH is 1. The number of halogens is 2. The first kappa shape index (κ1) is 14.0. The summed E-state index contributed by atoms with van der Waals surface area (Å²) >= 11 is 6.86. The molecule has 2 rings (SSSR count). The molecule has 3 nitrogen and oxygen atoms in total. The third-order valence-electron chi connectivity index (χ3n) is 3.13. The molecule has 5 heteroatoms. The fourth-order valence-corrected chi connectivity index (χ4v) is 3.08. The number of alkyl halides is 2. The summed E-state index contributed by atoms with van der Waals surface area (Å²) in [6.07, 6.45) is -0.273. The lowest BCUT2D eigenvalue weighted by atomic mass is 10.2. The number of rotatable bonds is 5. The van der Waals surface area contributed by atoms with E-state index in [1.54, 1.807) is 0 Å². The van der Waals surface area contributed by atoms with Crippen LogP contribution in [0.1, 0.15) is 12.0 Å². The summed E-state index contributed by atoms with van der Waals surface area (Å²) in [5.41, 5.74) is 0.916. The lowest BCUT2D eigenvalue weighted by Gasteiger charge is -2.12. The molecule has 0 radical (unpaired) electrons. The van der Waals surface area contributed by atoms with Crippen molar-refractivity contribution >= 4 is 37.8 Å². The summed E-state index contributed by atoms with van der Waals surface area (Å²) < 4.78 is 4.95. The molecule has 0 unspecified atom stereocenters. The summed E-state index contributed by atoms with van der Waals surface area (Å²) in [5.74, 6) is -0.619. The topological polar surface area (TPSA) is 46.5 Å². The van der Waals surface area contributed by atoms with Crippen LogP contribution in [0.4, 0.5) is 0 Å². The predicted octanol–water partition coefficient (Wildman–Crippen LogP) is 2.64. The van der Waals surface area contributed by atoms with E-state index in [1.165, 1.54) is 0 Å². The van der Waals surface area contributed by atoms with Gasteiger partial charge in [0, 0.05) is 15.6 Å². The van der Waals surface area contributed by atoms with Crippen molar-refractivity contribution < 1.29 is 14.6 Å². The van der Waals surface area contributed by atoms with Gasteiger partial charge >= 0.3 is 5.97 Å². The van der Waals surface area contributed by atoms with Crippen LogP contribution in [0.25, 0.3) is 0 Å². The Kier molecular flexibility index (Phi) is 4.45. The average molecular weight is 378 g/mol. The molecule has 1 N–H and O–H groups in total. The molecule has 1 saturated carbocycles. The van der Waals surface area contributed by atoms with Gasteiger partial charge in [-0.1, -0.05) is 62.2 Å². The second kappa shape index (κ2) is 5.72. The number of hydrogen-bond donors (Lipinski definition) is 1. The molecule has 98 valence electrons. The lowest BCUT2D eigenvalue weighted by Crippen LogP contribution is -2.28. The molecule has 0 bridgehead atoms. The maximum Gasteiger partial charge on any atom is 0.335 e. The van der Waals surface area contributed by atoms with Crippen molar-refractivity contribution in [2.45, 2.75) is 23.5 Å². The van der Waals surface area contributed by atoms with E-state index >= 15 is 0 Å². The first-order valence-corrected chi connectivity index (χ1v) is 7.62. The standard InChI is InChI=1S/C13H14Br2O3/c14-8-13(15)6-10(13)11(16)12(17)18-7-9-4-2-1-3-5-9/h1-5,10-11,16H,6-8H2/t10-,11+,13-/m1/s1. The van der Waals surface area contributed by atoms with Crippen LogP contribution in [0, 0.1) is 5.92 Å². The van der Waals surface area contributed by atoms with Gasteiger partial charge in [-0.3, -0.25) is 0 Å². The Balaban J connectivity index is 1.82. The highest BCUT2D eigenvalue weighted by molar-refractivity contribution is 9.12. The van der Waals surface area contributed by atoms with Crippen molar-refractivity contribution in [1.82, 2.24) is 0 Å². The minimum absolute atomic E-state index is 0.0693. The van der Waals surface area contributed by atoms with E-state index in [0.717, 1.165) is 12.0 Å². The van der Waals surface area contributed by atoms with Crippen LogP contribution in [-0.4, -0.2) is 26.8 Å². The lowest BCUT2D eigenvalue weighted by molar-refractivity contribution is -0.156. The van der Waals surface area contributed by atoms with Crippen LogP contribution in [0.2, 0.25) is 0 Å². The zero-order chi connectivity index (χ0) is 13.2. The maximum atomic E-state index is 11.7. The van der Waals surface area contributed by atoms with Crippen LogP contribution in [0.3, 0.4) is 0 Å². The van der Waals surface area contributed by atoms with Crippen LogP contribution >= 0.6 is 31.9 Å². The fourth-order valence-electron chi connectivity index (χ4n) is 1.83. The minimum atomic E-state index is -1.05. The highest BCUT2D eigenvalue weighted by Crippen LogP contribution is 2.54. The van der Waals surface area contributed by atoms with Crippen molar-refractivity contribution in [3.63, 3.8) is 0 Å². The number of benzene rings is 1. The Morgan fingerprint density at radius 3 is 2.72 bits per heavy atom. The Morgan fingerprint density at radius 1 is 1.50 bits per heavy atom. The quantitative estimate of drug-likeness (QED) is 0.633. The highest BCUT2D eigenvalue weighted by atomic mass is 79.9. The largest absolute Gasteiger partial charge is 0.459 e. The van der Waals surface area contributed by atoms with Gasteiger partial charge in [-0.2, -0.15) is 0 Å². The van der Waals surface area contributed by atoms with Crippen LogP contribution in [0.15, 0.2) is 30.3 Å². The van der Waals surface area contributed by atoms with E-state index in [0.29, 0.717) is 5.33 Å². The molecule has 1 aliphatic carbocycles. The van der Waals surface area contributed by atoms with Crippen LogP contribution in [-0.2, 0) is 16.1 Å². The molecule has 1 aromatic carbocycles. The molecular formula is C13H14Br2O3. The van der Waals surface area contributed by atoms with Gasteiger partial charge in [0.1, 0.15) is 6.61 Å².